The lowest BCUT2D eigenvalue weighted by molar-refractivity contribution is -0.126. The monoisotopic (exact) mass is 247 g/mol. The minimum atomic E-state index is -0.409. The van der Waals surface area contributed by atoms with Crippen LogP contribution in [0.25, 0.3) is 0 Å². The van der Waals surface area contributed by atoms with Crippen LogP contribution < -0.4 is 0 Å². The van der Waals surface area contributed by atoms with Gasteiger partial charge < -0.3 is 4.90 Å². The molecular weight excluding hydrogens is 226 g/mol. The van der Waals surface area contributed by atoms with Crippen LogP contribution in [-0.4, -0.2) is 29.7 Å². The molecule has 0 bridgehead atoms. The number of rotatable bonds is 6. The maximum Gasteiger partial charge on any atom is 0.294 e. The summed E-state index contributed by atoms with van der Waals surface area (Å²) in [5, 5.41) is 0. The normalized spacial score (nSPS) is 10.2. The number of carbonyl (C=O) groups excluding carboxylic acids is 2. The molecule has 0 aliphatic carbocycles. The SMILES string of the molecule is CCCCN(CC)C(=O)C(=O)c1ccc(C)cc1. The Morgan fingerprint density at radius 2 is 1.72 bits per heavy atom. The fourth-order valence-corrected chi connectivity index (χ4v) is 1.72. The number of Topliss-reactive ketones (excluding diaryl/α,β-unsaturated/α-hetero) is 1. The third-order valence-corrected chi connectivity index (χ3v) is 2.96. The summed E-state index contributed by atoms with van der Waals surface area (Å²) in [4.78, 5) is 25.7. The zero-order valence-electron chi connectivity index (χ0n) is 11.4. The van der Waals surface area contributed by atoms with E-state index in [-0.39, 0.29) is 0 Å². The molecule has 0 heterocycles. The van der Waals surface area contributed by atoms with Crippen LogP contribution in [0.15, 0.2) is 24.3 Å². The first-order valence-corrected chi connectivity index (χ1v) is 6.50. The van der Waals surface area contributed by atoms with Gasteiger partial charge in [0.05, 0.1) is 0 Å². The summed E-state index contributed by atoms with van der Waals surface area (Å²) in [6.45, 7) is 7.16. The lowest BCUT2D eigenvalue weighted by Gasteiger charge is -2.19. The van der Waals surface area contributed by atoms with Crippen molar-refractivity contribution in [3.05, 3.63) is 35.4 Å². The molecular formula is C15H21NO2. The molecule has 1 aromatic rings. The molecule has 0 radical (unpaired) electrons. The van der Waals surface area contributed by atoms with Crippen molar-refractivity contribution in [2.45, 2.75) is 33.6 Å². The third kappa shape index (κ3) is 3.69. The van der Waals surface area contributed by atoms with E-state index >= 15 is 0 Å². The Kier molecular flexibility index (Phi) is 5.56. The minimum absolute atomic E-state index is 0.394. The zero-order chi connectivity index (χ0) is 13.5. The Bertz CT molecular complexity index is 409. The average molecular weight is 247 g/mol. The second-order valence-corrected chi connectivity index (χ2v) is 4.43. The molecule has 0 aliphatic rings. The van der Waals surface area contributed by atoms with E-state index in [1.807, 2.05) is 26.0 Å². The summed E-state index contributed by atoms with van der Waals surface area (Å²) in [6.07, 6.45) is 1.95. The van der Waals surface area contributed by atoms with E-state index in [4.69, 9.17) is 0 Å². The number of amides is 1. The van der Waals surface area contributed by atoms with Crippen molar-refractivity contribution in [3.63, 3.8) is 0 Å². The largest absolute Gasteiger partial charge is 0.336 e. The molecule has 0 spiro atoms. The highest BCUT2D eigenvalue weighted by Gasteiger charge is 2.21. The highest BCUT2D eigenvalue weighted by Crippen LogP contribution is 2.07. The Morgan fingerprint density at radius 1 is 1.11 bits per heavy atom. The van der Waals surface area contributed by atoms with Gasteiger partial charge in [-0.25, -0.2) is 0 Å². The first-order valence-electron chi connectivity index (χ1n) is 6.50. The third-order valence-electron chi connectivity index (χ3n) is 2.96. The topological polar surface area (TPSA) is 37.4 Å². The average Bonchev–Trinajstić information content (AvgIpc) is 2.39. The number of ketones is 1. The van der Waals surface area contributed by atoms with Crippen molar-refractivity contribution in [2.24, 2.45) is 0 Å². The van der Waals surface area contributed by atoms with E-state index in [0.29, 0.717) is 18.7 Å². The Morgan fingerprint density at radius 3 is 2.22 bits per heavy atom. The summed E-state index contributed by atoms with van der Waals surface area (Å²) < 4.78 is 0. The summed E-state index contributed by atoms with van der Waals surface area (Å²) in [5.41, 5.74) is 1.55. The van der Waals surface area contributed by atoms with Gasteiger partial charge in [-0.15, -0.1) is 0 Å². The molecule has 18 heavy (non-hydrogen) atoms. The zero-order valence-corrected chi connectivity index (χ0v) is 11.4. The molecule has 3 heteroatoms. The molecule has 0 aromatic heterocycles. The van der Waals surface area contributed by atoms with E-state index in [0.717, 1.165) is 18.4 Å². The van der Waals surface area contributed by atoms with Crippen molar-refractivity contribution in [1.82, 2.24) is 4.90 Å². The molecule has 1 rings (SSSR count). The number of hydrogen-bond acceptors (Lipinski definition) is 2. The number of unbranched alkanes of at least 4 members (excludes halogenated alkanes) is 1. The summed E-state index contributed by atoms with van der Waals surface area (Å²) in [5.74, 6) is -0.803. The van der Waals surface area contributed by atoms with E-state index in [1.165, 1.54) is 0 Å². The molecule has 1 aromatic carbocycles. The van der Waals surface area contributed by atoms with Crippen LogP contribution in [0.2, 0.25) is 0 Å². The number of nitrogens with zero attached hydrogens (tertiary/aromatic N) is 1. The van der Waals surface area contributed by atoms with E-state index in [9.17, 15) is 9.59 Å². The number of aryl methyl sites for hydroxylation is 1. The molecule has 0 N–H and O–H groups in total. The van der Waals surface area contributed by atoms with Crippen molar-refractivity contribution in [3.8, 4) is 0 Å². The smallest absolute Gasteiger partial charge is 0.294 e. The molecule has 0 fully saturated rings. The van der Waals surface area contributed by atoms with E-state index < -0.39 is 11.7 Å². The van der Waals surface area contributed by atoms with Gasteiger partial charge in [0.1, 0.15) is 0 Å². The number of likely N-dealkylation sites (N-methyl/N-ethyl adjacent to an activating group) is 1. The quantitative estimate of drug-likeness (QED) is 0.572. The van der Waals surface area contributed by atoms with Gasteiger partial charge in [0, 0.05) is 18.7 Å². The second-order valence-electron chi connectivity index (χ2n) is 4.43. The number of benzene rings is 1. The van der Waals surface area contributed by atoms with Gasteiger partial charge in [0.25, 0.3) is 5.91 Å². The van der Waals surface area contributed by atoms with Crippen LogP contribution in [-0.2, 0) is 4.79 Å². The van der Waals surface area contributed by atoms with Crippen molar-refractivity contribution in [1.29, 1.82) is 0 Å². The van der Waals surface area contributed by atoms with Crippen LogP contribution in [0, 0.1) is 6.92 Å². The first-order chi connectivity index (χ1) is 8.60. The van der Waals surface area contributed by atoms with Gasteiger partial charge in [-0.3, -0.25) is 9.59 Å². The van der Waals surface area contributed by atoms with E-state index in [1.54, 1.807) is 17.0 Å². The molecule has 98 valence electrons. The van der Waals surface area contributed by atoms with Gasteiger partial charge >= 0.3 is 0 Å². The van der Waals surface area contributed by atoms with Gasteiger partial charge in [-0.1, -0.05) is 43.2 Å². The van der Waals surface area contributed by atoms with Crippen LogP contribution in [0.3, 0.4) is 0 Å². The predicted octanol–water partition coefficient (Wildman–Crippen LogP) is 2.83. The molecule has 3 nitrogen and oxygen atoms in total. The summed E-state index contributed by atoms with van der Waals surface area (Å²) in [6, 6.07) is 7.12. The fourth-order valence-electron chi connectivity index (χ4n) is 1.72. The minimum Gasteiger partial charge on any atom is -0.336 e. The molecule has 0 aliphatic heterocycles. The highest BCUT2D eigenvalue weighted by atomic mass is 16.2. The summed E-state index contributed by atoms with van der Waals surface area (Å²) in [7, 11) is 0. The molecule has 1 amide bonds. The molecule has 0 atom stereocenters. The van der Waals surface area contributed by atoms with Crippen molar-refractivity contribution >= 4 is 11.7 Å². The number of carbonyl (C=O) groups is 2. The maximum absolute atomic E-state index is 12.0. The fraction of sp³-hybridized carbons (Fsp3) is 0.467. The molecule has 0 saturated carbocycles. The molecule has 0 saturated heterocycles. The Hall–Kier alpha value is -1.64. The highest BCUT2D eigenvalue weighted by molar-refractivity contribution is 6.42. The van der Waals surface area contributed by atoms with Crippen LogP contribution in [0.5, 0.6) is 0 Å². The van der Waals surface area contributed by atoms with Crippen LogP contribution in [0.4, 0.5) is 0 Å². The van der Waals surface area contributed by atoms with Crippen molar-refractivity contribution in [2.75, 3.05) is 13.1 Å². The Balaban J connectivity index is 2.75. The standard InChI is InChI=1S/C15H21NO2/c1-4-6-11-16(5-2)15(18)14(17)13-9-7-12(3)8-10-13/h7-10H,4-6,11H2,1-3H3. The maximum atomic E-state index is 12.0. The van der Waals surface area contributed by atoms with Gasteiger partial charge in [-0.2, -0.15) is 0 Å². The first kappa shape index (κ1) is 14.4. The van der Waals surface area contributed by atoms with Gasteiger partial charge in [0.15, 0.2) is 0 Å². The lowest BCUT2D eigenvalue weighted by atomic mass is 10.1. The van der Waals surface area contributed by atoms with Crippen molar-refractivity contribution < 1.29 is 9.59 Å². The van der Waals surface area contributed by atoms with Crippen LogP contribution >= 0.6 is 0 Å². The van der Waals surface area contributed by atoms with Gasteiger partial charge in [-0.05, 0) is 20.3 Å². The second kappa shape index (κ2) is 6.94. The number of hydrogen-bond donors (Lipinski definition) is 0. The predicted molar refractivity (Wildman–Crippen MR) is 72.7 cm³/mol. The lowest BCUT2D eigenvalue weighted by Crippen LogP contribution is -2.37. The Labute approximate surface area is 109 Å². The van der Waals surface area contributed by atoms with E-state index in [2.05, 4.69) is 6.92 Å². The summed E-state index contributed by atoms with van der Waals surface area (Å²) >= 11 is 0. The molecule has 0 unspecified atom stereocenters. The van der Waals surface area contributed by atoms with Crippen LogP contribution in [0.1, 0.15) is 42.6 Å². The van der Waals surface area contributed by atoms with Gasteiger partial charge in [0.2, 0.25) is 5.78 Å².